The number of alkyl halides is 7. The summed E-state index contributed by atoms with van der Waals surface area (Å²) in [6.07, 6.45) is -9.12. The van der Waals surface area contributed by atoms with Crippen molar-refractivity contribution in [1.29, 1.82) is 0 Å². The minimum atomic E-state index is -4.70. The number of ether oxygens (including phenoxy) is 2. The number of amides is 2. The van der Waals surface area contributed by atoms with Gasteiger partial charge in [0.15, 0.2) is 0 Å². The number of halogens is 7. The number of carbonyl (C=O) groups excluding carboxylic acids is 1. The fourth-order valence-electron chi connectivity index (χ4n) is 2.50. The molecule has 0 aromatic heterocycles. The van der Waals surface area contributed by atoms with Crippen LogP contribution in [0.4, 0.5) is 32.4 Å². The quantitative estimate of drug-likeness (QED) is 0.183. The molecule has 2 aromatic rings. The van der Waals surface area contributed by atoms with Crippen LogP contribution in [0.15, 0.2) is 53.5 Å². The molecule has 0 fully saturated rings. The highest BCUT2D eigenvalue weighted by atomic mass is 35.5. The Balaban J connectivity index is 2.33. The molecule has 2 aromatic carbocycles. The SMILES string of the molecule is CC(C)OC(=NC(=O)N(C)c1ccc(OC(F)(F)C(Cl)Cl)cc1)c1ccccc1C(F)(F)F. The standard InChI is InChI=1S/C21H19Cl2F5N2O3/c1-12(2)32-17(15-6-4-5-7-16(15)20(24,25)26)29-19(31)30(3)13-8-10-14(11-9-13)33-21(27,28)18(22)23/h4-12,18H,1-3H3. The van der Waals surface area contributed by atoms with Gasteiger partial charge in [-0.2, -0.15) is 26.9 Å². The summed E-state index contributed by atoms with van der Waals surface area (Å²) >= 11 is 10.3. The second-order valence-corrected chi connectivity index (χ2v) is 8.02. The molecule has 12 heteroatoms. The highest BCUT2D eigenvalue weighted by molar-refractivity contribution is 6.44. The molecule has 0 unspecified atom stereocenters. The van der Waals surface area contributed by atoms with Crippen LogP contribution in [0.25, 0.3) is 0 Å². The number of aliphatic imine (C=N–C) groups is 1. The Morgan fingerprint density at radius 2 is 1.58 bits per heavy atom. The lowest BCUT2D eigenvalue weighted by atomic mass is 10.1. The zero-order valence-corrected chi connectivity index (χ0v) is 19.1. The Labute approximate surface area is 196 Å². The van der Waals surface area contributed by atoms with Crippen molar-refractivity contribution in [3.8, 4) is 5.75 Å². The number of benzene rings is 2. The predicted octanol–water partition coefficient (Wildman–Crippen LogP) is 6.91. The molecule has 0 saturated heterocycles. The summed E-state index contributed by atoms with van der Waals surface area (Å²) in [7, 11) is 1.30. The third-order valence-electron chi connectivity index (χ3n) is 4.03. The second-order valence-electron chi connectivity index (χ2n) is 6.93. The Hall–Kier alpha value is -2.59. The third-order valence-corrected chi connectivity index (χ3v) is 4.53. The molecule has 0 saturated carbocycles. The zero-order valence-electron chi connectivity index (χ0n) is 17.5. The summed E-state index contributed by atoms with van der Waals surface area (Å²) in [5.74, 6) is -0.785. The van der Waals surface area contributed by atoms with E-state index >= 15 is 0 Å². The largest absolute Gasteiger partial charge is 0.474 e. The van der Waals surface area contributed by atoms with E-state index in [1.54, 1.807) is 13.8 Å². The molecular formula is C21H19Cl2F5N2O3. The maximum absolute atomic E-state index is 13.5. The molecule has 2 amide bonds. The summed E-state index contributed by atoms with van der Waals surface area (Å²) in [4.78, 5) is 15.3. The first kappa shape index (κ1) is 26.7. The van der Waals surface area contributed by atoms with Gasteiger partial charge in [0.1, 0.15) is 5.75 Å². The fourth-order valence-corrected chi connectivity index (χ4v) is 2.59. The van der Waals surface area contributed by atoms with Gasteiger partial charge in [-0.1, -0.05) is 35.3 Å². The first-order valence-corrected chi connectivity index (χ1v) is 10.2. The molecule has 5 nitrogen and oxygen atoms in total. The van der Waals surface area contributed by atoms with E-state index in [9.17, 15) is 26.7 Å². The molecule has 0 N–H and O–H groups in total. The minimum Gasteiger partial charge on any atom is -0.474 e. The number of hydrogen-bond donors (Lipinski definition) is 0. The summed E-state index contributed by atoms with van der Waals surface area (Å²) in [5, 5.41) is 0. The van der Waals surface area contributed by atoms with E-state index < -0.39 is 46.3 Å². The van der Waals surface area contributed by atoms with E-state index in [4.69, 9.17) is 27.9 Å². The molecule has 0 radical (unpaired) electrons. The third kappa shape index (κ3) is 7.20. The molecule has 0 atom stereocenters. The average Bonchev–Trinajstić information content (AvgIpc) is 2.72. The van der Waals surface area contributed by atoms with Gasteiger partial charge in [-0.15, -0.1) is 0 Å². The normalized spacial score (nSPS) is 12.8. The lowest BCUT2D eigenvalue weighted by molar-refractivity contribution is -0.163. The summed E-state index contributed by atoms with van der Waals surface area (Å²) < 4.78 is 77.1. The Morgan fingerprint density at radius 1 is 1.00 bits per heavy atom. The van der Waals surface area contributed by atoms with Crippen molar-refractivity contribution in [3.63, 3.8) is 0 Å². The van der Waals surface area contributed by atoms with Crippen molar-refractivity contribution in [1.82, 2.24) is 0 Å². The van der Waals surface area contributed by atoms with Gasteiger partial charge < -0.3 is 9.47 Å². The Bertz CT molecular complexity index is 996. The molecule has 0 spiro atoms. The zero-order chi connectivity index (χ0) is 25.0. The van der Waals surface area contributed by atoms with Crippen LogP contribution in [-0.4, -0.2) is 36.0 Å². The van der Waals surface area contributed by atoms with Crippen molar-refractivity contribution >= 4 is 40.8 Å². The maximum atomic E-state index is 13.5. The van der Waals surface area contributed by atoms with Crippen molar-refractivity contribution in [3.05, 3.63) is 59.7 Å². The maximum Gasteiger partial charge on any atom is 0.428 e. The van der Waals surface area contributed by atoms with Crippen LogP contribution < -0.4 is 9.64 Å². The summed E-state index contributed by atoms with van der Waals surface area (Å²) in [6.45, 7) is 3.14. The number of nitrogens with zero attached hydrogens (tertiary/aromatic N) is 2. The predicted molar refractivity (Wildman–Crippen MR) is 116 cm³/mol. The number of urea groups is 1. The van der Waals surface area contributed by atoms with Gasteiger partial charge in [0.25, 0.3) is 0 Å². The second kappa shape index (κ2) is 10.6. The lowest BCUT2D eigenvalue weighted by Gasteiger charge is -2.20. The topological polar surface area (TPSA) is 51.1 Å². The molecule has 33 heavy (non-hydrogen) atoms. The van der Waals surface area contributed by atoms with Crippen LogP contribution in [0.3, 0.4) is 0 Å². The van der Waals surface area contributed by atoms with Gasteiger partial charge in [0, 0.05) is 18.3 Å². The molecule has 0 heterocycles. The fraction of sp³-hybridized carbons (Fsp3) is 0.333. The molecule has 0 aliphatic carbocycles. The number of anilines is 1. The number of rotatable bonds is 6. The van der Waals surface area contributed by atoms with E-state index in [1.807, 2.05) is 0 Å². The van der Waals surface area contributed by atoms with Gasteiger partial charge >= 0.3 is 18.3 Å². The monoisotopic (exact) mass is 512 g/mol. The van der Waals surface area contributed by atoms with Crippen LogP contribution in [0.1, 0.15) is 25.0 Å². The first-order valence-electron chi connectivity index (χ1n) is 9.37. The van der Waals surface area contributed by atoms with Crippen LogP contribution in [-0.2, 0) is 10.9 Å². The van der Waals surface area contributed by atoms with Gasteiger partial charge in [0.2, 0.25) is 10.7 Å². The lowest BCUT2D eigenvalue weighted by Crippen LogP contribution is -2.32. The average molecular weight is 513 g/mol. The number of hydrogen-bond acceptors (Lipinski definition) is 3. The van der Waals surface area contributed by atoms with Crippen molar-refractivity contribution < 1.29 is 36.2 Å². The molecule has 180 valence electrons. The van der Waals surface area contributed by atoms with Crippen molar-refractivity contribution in [2.45, 2.75) is 37.1 Å². The van der Waals surface area contributed by atoms with Crippen LogP contribution >= 0.6 is 23.2 Å². The molecule has 0 bridgehead atoms. The summed E-state index contributed by atoms with van der Waals surface area (Å²) in [5.41, 5.74) is -1.22. The first-order chi connectivity index (χ1) is 15.2. The van der Waals surface area contributed by atoms with Crippen LogP contribution in [0.2, 0.25) is 0 Å². The van der Waals surface area contributed by atoms with E-state index in [0.717, 1.165) is 29.2 Å². The summed E-state index contributed by atoms with van der Waals surface area (Å²) in [6, 6.07) is 8.41. The van der Waals surface area contributed by atoms with E-state index in [2.05, 4.69) is 9.73 Å². The van der Waals surface area contributed by atoms with Crippen molar-refractivity contribution in [2.75, 3.05) is 11.9 Å². The van der Waals surface area contributed by atoms with Gasteiger partial charge in [-0.3, -0.25) is 4.90 Å². The van der Waals surface area contributed by atoms with Crippen LogP contribution in [0.5, 0.6) is 5.75 Å². The van der Waals surface area contributed by atoms with E-state index in [0.29, 0.717) is 0 Å². The molecular weight excluding hydrogens is 494 g/mol. The smallest absolute Gasteiger partial charge is 0.428 e. The van der Waals surface area contributed by atoms with E-state index in [1.165, 1.54) is 31.3 Å². The van der Waals surface area contributed by atoms with Gasteiger partial charge in [-0.25, -0.2) is 4.79 Å². The highest BCUT2D eigenvalue weighted by Crippen LogP contribution is 2.33. The van der Waals surface area contributed by atoms with Crippen LogP contribution in [0, 0.1) is 0 Å². The molecule has 2 rings (SSSR count). The highest BCUT2D eigenvalue weighted by Gasteiger charge is 2.40. The Morgan fingerprint density at radius 3 is 2.09 bits per heavy atom. The molecule has 0 aliphatic heterocycles. The van der Waals surface area contributed by atoms with Crippen molar-refractivity contribution in [2.24, 2.45) is 4.99 Å². The van der Waals surface area contributed by atoms with Gasteiger partial charge in [-0.05, 0) is 50.2 Å². The Kier molecular flexibility index (Phi) is 8.53. The number of carbonyl (C=O) groups is 1. The van der Waals surface area contributed by atoms with E-state index in [-0.39, 0.29) is 11.4 Å². The molecule has 0 aliphatic rings. The van der Waals surface area contributed by atoms with Gasteiger partial charge in [0.05, 0.1) is 11.7 Å². The minimum absolute atomic E-state index is 0.195.